The van der Waals surface area contributed by atoms with E-state index < -0.39 is 10.0 Å². The number of hydrogen-bond acceptors (Lipinski definition) is 3. The molecule has 4 nitrogen and oxygen atoms in total. The Balaban J connectivity index is 2.37. The molecule has 2 N–H and O–H groups in total. The number of primary sulfonamides is 1. The van der Waals surface area contributed by atoms with Crippen molar-refractivity contribution in [2.24, 2.45) is 5.14 Å². The van der Waals surface area contributed by atoms with Crippen LogP contribution < -0.4 is 9.88 Å². The predicted octanol–water partition coefficient (Wildman–Crippen LogP) is 3.68. The van der Waals surface area contributed by atoms with E-state index in [0.717, 1.165) is 11.1 Å². The van der Waals surface area contributed by atoms with Crippen LogP contribution in [-0.4, -0.2) is 15.5 Å². The monoisotopic (exact) mass is 339 g/mol. The highest BCUT2D eigenvalue weighted by Crippen LogP contribution is 2.41. The van der Waals surface area contributed by atoms with E-state index in [0.29, 0.717) is 16.9 Å². The van der Waals surface area contributed by atoms with Gasteiger partial charge in [-0.2, -0.15) is 0 Å². The molecule has 0 radical (unpaired) electrons. The third kappa shape index (κ3) is 3.04. The van der Waals surface area contributed by atoms with Gasteiger partial charge in [0.05, 0.1) is 12.0 Å². The van der Waals surface area contributed by atoms with E-state index >= 15 is 0 Å². The molecule has 0 heterocycles. The molecule has 24 heavy (non-hydrogen) atoms. The number of ether oxygens (including phenoxy) is 1. The van der Waals surface area contributed by atoms with E-state index in [1.165, 1.54) is 6.07 Å². The lowest BCUT2D eigenvalue weighted by Gasteiger charge is -2.16. The maximum absolute atomic E-state index is 12.0. The van der Waals surface area contributed by atoms with Crippen molar-refractivity contribution in [1.82, 2.24) is 0 Å². The molecule has 122 valence electrons. The van der Waals surface area contributed by atoms with Gasteiger partial charge >= 0.3 is 0 Å². The molecule has 0 aromatic heterocycles. The first-order valence-corrected chi connectivity index (χ1v) is 8.91. The normalized spacial score (nSPS) is 11.2. The van der Waals surface area contributed by atoms with E-state index in [1.807, 2.05) is 48.5 Å². The zero-order valence-electron chi connectivity index (χ0n) is 13.1. The van der Waals surface area contributed by atoms with Crippen LogP contribution >= 0.6 is 0 Å². The van der Waals surface area contributed by atoms with Gasteiger partial charge in [0.15, 0.2) is 0 Å². The molecule has 0 aliphatic carbocycles. The van der Waals surface area contributed by atoms with Crippen LogP contribution in [0.1, 0.15) is 0 Å². The molecule has 0 spiro atoms. The fourth-order valence-corrected chi connectivity index (χ4v) is 3.50. The number of rotatable bonds is 4. The lowest BCUT2D eigenvalue weighted by molar-refractivity contribution is 0.416. The van der Waals surface area contributed by atoms with Crippen molar-refractivity contribution < 1.29 is 13.2 Å². The zero-order valence-corrected chi connectivity index (χ0v) is 14.0. The zero-order chi connectivity index (χ0) is 17.2. The predicted molar refractivity (Wildman–Crippen MR) is 95.2 cm³/mol. The number of sulfonamides is 1. The summed E-state index contributed by atoms with van der Waals surface area (Å²) in [5.41, 5.74) is 3.08. The summed E-state index contributed by atoms with van der Waals surface area (Å²) in [6.45, 7) is 0. The third-order valence-electron chi connectivity index (χ3n) is 3.79. The summed E-state index contributed by atoms with van der Waals surface area (Å²) in [6, 6.07) is 22.0. The molecule has 3 aromatic carbocycles. The van der Waals surface area contributed by atoms with E-state index in [-0.39, 0.29) is 4.90 Å². The van der Waals surface area contributed by atoms with Gasteiger partial charge in [0.2, 0.25) is 10.0 Å². The number of nitrogens with two attached hydrogens (primary N) is 1. The summed E-state index contributed by atoms with van der Waals surface area (Å²) in [6.07, 6.45) is 0. The average molecular weight is 339 g/mol. The maximum Gasteiger partial charge on any atom is 0.238 e. The molecule has 0 unspecified atom stereocenters. The Morgan fingerprint density at radius 1 is 0.792 bits per heavy atom. The highest BCUT2D eigenvalue weighted by atomic mass is 32.2. The third-order valence-corrected chi connectivity index (χ3v) is 4.76. The molecule has 3 rings (SSSR count). The Morgan fingerprint density at radius 2 is 1.42 bits per heavy atom. The van der Waals surface area contributed by atoms with Gasteiger partial charge in [-0.25, -0.2) is 13.6 Å². The quantitative estimate of drug-likeness (QED) is 0.788. The van der Waals surface area contributed by atoms with E-state index in [9.17, 15) is 8.42 Å². The fourth-order valence-electron chi connectivity index (χ4n) is 2.76. The van der Waals surface area contributed by atoms with Crippen molar-refractivity contribution >= 4 is 10.0 Å². The van der Waals surface area contributed by atoms with Crippen LogP contribution in [0.15, 0.2) is 77.7 Å². The number of benzene rings is 3. The van der Waals surface area contributed by atoms with Crippen molar-refractivity contribution in [3.63, 3.8) is 0 Å². The highest BCUT2D eigenvalue weighted by Gasteiger charge is 2.20. The topological polar surface area (TPSA) is 69.4 Å². The van der Waals surface area contributed by atoms with Crippen molar-refractivity contribution in [3.8, 4) is 28.0 Å². The van der Waals surface area contributed by atoms with E-state index in [4.69, 9.17) is 9.88 Å². The number of hydrogen-bond donors (Lipinski definition) is 1. The van der Waals surface area contributed by atoms with Gasteiger partial charge in [-0.3, -0.25) is 0 Å². The minimum absolute atomic E-state index is 0.0756. The molecule has 0 amide bonds. The number of methoxy groups -OCH3 is 1. The molecular weight excluding hydrogens is 322 g/mol. The van der Waals surface area contributed by atoms with Gasteiger partial charge in [0, 0.05) is 11.1 Å². The summed E-state index contributed by atoms with van der Waals surface area (Å²) >= 11 is 0. The first-order chi connectivity index (χ1) is 11.5. The first kappa shape index (κ1) is 16.2. The van der Waals surface area contributed by atoms with Gasteiger partial charge in [-0.15, -0.1) is 0 Å². The van der Waals surface area contributed by atoms with Crippen LogP contribution in [0, 0.1) is 0 Å². The molecule has 0 atom stereocenters. The first-order valence-electron chi connectivity index (χ1n) is 7.37. The smallest absolute Gasteiger partial charge is 0.238 e. The molecule has 0 saturated carbocycles. The van der Waals surface area contributed by atoms with Gasteiger partial charge in [-0.05, 0) is 23.3 Å². The molecule has 0 fully saturated rings. The van der Waals surface area contributed by atoms with Gasteiger partial charge < -0.3 is 4.74 Å². The standard InChI is InChI=1S/C19H17NO3S/c1-23-17-12-7-11-15(14-8-3-2-4-9-14)19(17)16-10-5-6-13-18(16)24(20,21)22/h2-13H,1H3,(H2,20,21,22). The van der Waals surface area contributed by atoms with Crippen LogP contribution in [0.5, 0.6) is 5.75 Å². The summed E-state index contributed by atoms with van der Waals surface area (Å²) in [7, 11) is -2.30. The molecular formula is C19H17NO3S. The summed E-state index contributed by atoms with van der Waals surface area (Å²) < 4.78 is 29.5. The molecule has 5 heteroatoms. The summed E-state index contributed by atoms with van der Waals surface area (Å²) in [5.74, 6) is 0.590. The Bertz CT molecular complexity index is 967. The van der Waals surface area contributed by atoms with E-state index in [1.54, 1.807) is 25.3 Å². The Labute approximate surface area is 141 Å². The lowest BCUT2D eigenvalue weighted by Crippen LogP contribution is -2.13. The van der Waals surface area contributed by atoms with Crippen molar-refractivity contribution in [1.29, 1.82) is 0 Å². The van der Waals surface area contributed by atoms with Crippen molar-refractivity contribution in [3.05, 3.63) is 72.8 Å². The van der Waals surface area contributed by atoms with Crippen LogP contribution in [0.3, 0.4) is 0 Å². The van der Waals surface area contributed by atoms with Crippen LogP contribution in [0.4, 0.5) is 0 Å². The maximum atomic E-state index is 12.0. The minimum Gasteiger partial charge on any atom is -0.496 e. The lowest BCUT2D eigenvalue weighted by atomic mass is 9.93. The average Bonchev–Trinajstić information content (AvgIpc) is 2.61. The van der Waals surface area contributed by atoms with Gasteiger partial charge in [0.1, 0.15) is 5.75 Å². The largest absolute Gasteiger partial charge is 0.496 e. The second-order valence-electron chi connectivity index (χ2n) is 5.29. The van der Waals surface area contributed by atoms with E-state index in [2.05, 4.69) is 0 Å². The second kappa shape index (κ2) is 6.47. The van der Waals surface area contributed by atoms with Crippen LogP contribution in [0.2, 0.25) is 0 Å². The SMILES string of the molecule is COc1cccc(-c2ccccc2)c1-c1ccccc1S(N)(=O)=O. The van der Waals surface area contributed by atoms with Crippen LogP contribution in [-0.2, 0) is 10.0 Å². The Morgan fingerprint density at radius 3 is 2.08 bits per heavy atom. The molecule has 0 aliphatic heterocycles. The van der Waals surface area contributed by atoms with Crippen LogP contribution in [0.25, 0.3) is 22.3 Å². The second-order valence-corrected chi connectivity index (χ2v) is 6.82. The molecule has 3 aromatic rings. The minimum atomic E-state index is -3.86. The van der Waals surface area contributed by atoms with Gasteiger partial charge in [0.25, 0.3) is 0 Å². The Kier molecular flexibility index (Phi) is 4.38. The van der Waals surface area contributed by atoms with Crippen molar-refractivity contribution in [2.45, 2.75) is 4.90 Å². The Hall–Kier alpha value is -2.63. The summed E-state index contributed by atoms with van der Waals surface area (Å²) in [4.78, 5) is 0.0756. The molecule has 0 bridgehead atoms. The highest BCUT2D eigenvalue weighted by molar-refractivity contribution is 7.89. The molecule has 0 saturated heterocycles. The molecule has 0 aliphatic rings. The fraction of sp³-hybridized carbons (Fsp3) is 0.0526. The van der Waals surface area contributed by atoms with Crippen molar-refractivity contribution in [2.75, 3.05) is 7.11 Å². The summed E-state index contributed by atoms with van der Waals surface area (Å²) in [5, 5.41) is 5.41. The van der Waals surface area contributed by atoms with Gasteiger partial charge in [-0.1, -0.05) is 60.7 Å².